The van der Waals surface area contributed by atoms with Crippen molar-refractivity contribution in [1.29, 1.82) is 0 Å². The molecule has 2 rings (SSSR count). The third-order valence-corrected chi connectivity index (χ3v) is 3.97. The number of hydrogen-bond donors (Lipinski definition) is 1. The third-order valence-electron chi connectivity index (χ3n) is 3.97. The maximum Gasteiger partial charge on any atom is 0.0557 e. The number of likely N-dealkylation sites (tertiary alicyclic amines) is 1. The Morgan fingerprint density at radius 2 is 2.27 bits per heavy atom. The normalized spacial score (nSPS) is 42.6. The van der Waals surface area contributed by atoms with Gasteiger partial charge in [0, 0.05) is 31.2 Å². The predicted octanol–water partition coefficient (Wildman–Crippen LogP) is 1.12. The van der Waals surface area contributed by atoms with Crippen LogP contribution in [0.2, 0.25) is 0 Å². The zero-order valence-corrected chi connectivity index (χ0v) is 9.91. The van der Waals surface area contributed by atoms with E-state index in [2.05, 4.69) is 18.7 Å². The van der Waals surface area contributed by atoms with Gasteiger partial charge in [0.2, 0.25) is 0 Å². The molecular formula is C12H23NO2. The maximum absolute atomic E-state index is 9.52. The van der Waals surface area contributed by atoms with E-state index in [1.54, 1.807) is 0 Å². The van der Waals surface area contributed by atoms with Crippen LogP contribution in [0, 0.1) is 11.3 Å². The summed E-state index contributed by atoms with van der Waals surface area (Å²) in [5.41, 5.74) is 0.0261. The molecule has 0 bridgehead atoms. The predicted molar refractivity (Wildman–Crippen MR) is 59.8 cm³/mol. The Hall–Kier alpha value is -0.120. The first-order valence-corrected chi connectivity index (χ1v) is 6.08. The van der Waals surface area contributed by atoms with E-state index in [0.717, 1.165) is 32.1 Å². The first kappa shape index (κ1) is 11.4. The lowest BCUT2D eigenvalue weighted by Crippen LogP contribution is -2.42. The second-order valence-corrected chi connectivity index (χ2v) is 5.58. The van der Waals surface area contributed by atoms with Gasteiger partial charge in [-0.25, -0.2) is 0 Å². The van der Waals surface area contributed by atoms with Crippen molar-refractivity contribution in [2.45, 2.75) is 32.7 Å². The standard InChI is InChI=1S/C12H23NO2/c1-10-5-11(2)13(6-10)7-12(8-14)3-4-15-9-12/h10-11,14H,3-9H2,1-2H3. The average Bonchev–Trinajstić information content (AvgIpc) is 2.76. The van der Waals surface area contributed by atoms with Crippen molar-refractivity contribution in [2.75, 3.05) is 32.9 Å². The smallest absolute Gasteiger partial charge is 0.0557 e. The van der Waals surface area contributed by atoms with Crippen molar-refractivity contribution < 1.29 is 9.84 Å². The van der Waals surface area contributed by atoms with Crippen molar-refractivity contribution in [2.24, 2.45) is 11.3 Å². The molecule has 0 aromatic heterocycles. The fraction of sp³-hybridized carbons (Fsp3) is 1.00. The molecule has 0 saturated carbocycles. The summed E-state index contributed by atoms with van der Waals surface area (Å²) >= 11 is 0. The zero-order chi connectivity index (χ0) is 10.9. The Morgan fingerprint density at radius 1 is 1.47 bits per heavy atom. The number of aliphatic hydroxyl groups excluding tert-OH is 1. The van der Waals surface area contributed by atoms with E-state index in [0.29, 0.717) is 6.04 Å². The van der Waals surface area contributed by atoms with Crippen molar-refractivity contribution in [3.05, 3.63) is 0 Å². The van der Waals surface area contributed by atoms with Gasteiger partial charge in [0.25, 0.3) is 0 Å². The summed E-state index contributed by atoms with van der Waals surface area (Å²) in [6.45, 7) is 8.62. The molecule has 0 spiro atoms. The van der Waals surface area contributed by atoms with Crippen molar-refractivity contribution in [3.63, 3.8) is 0 Å². The zero-order valence-electron chi connectivity index (χ0n) is 9.91. The van der Waals surface area contributed by atoms with E-state index in [1.165, 1.54) is 13.0 Å². The Bertz CT molecular complexity index is 214. The van der Waals surface area contributed by atoms with Crippen molar-refractivity contribution >= 4 is 0 Å². The third kappa shape index (κ3) is 2.35. The lowest BCUT2D eigenvalue weighted by Gasteiger charge is -2.32. The van der Waals surface area contributed by atoms with Gasteiger partial charge >= 0.3 is 0 Å². The first-order chi connectivity index (χ1) is 7.15. The number of hydrogen-bond acceptors (Lipinski definition) is 3. The molecule has 3 heteroatoms. The van der Waals surface area contributed by atoms with Crippen LogP contribution in [0.15, 0.2) is 0 Å². The lowest BCUT2D eigenvalue weighted by molar-refractivity contribution is 0.0540. The molecule has 3 unspecified atom stereocenters. The molecule has 2 aliphatic heterocycles. The Balaban J connectivity index is 1.95. The minimum absolute atomic E-state index is 0.0261. The van der Waals surface area contributed by atoms with E-state index in [9.17, 15) is 5.11 Å². The van der Waals surface area contributed by atoms with Crippen LogP contribution in [0.3, 0.4) is 0 Å². The largest absolute Gasteiger partial charge is 0.396 e. The molecule has 0 radical (unpaired) electrons. The summed E-state index contributed by atoms with van der Waals surface area (Å²) in [7, 11) is 0. The van der Waals surface area contributed by atoms with Gasteiger partial charge < -0.3 is 9.84 Å². The van der Waals surface area contributed by atoms with E-state index in [-0.39, 0.29) is 12.0 Å². The molecule has 15 heavy (non-hydrogen) atoms. The lowest BCUT2D eigenvalue weighted by atomic mass is 9.87. The van der Waals surface area contributed by atoms with Gasteiger partial charge in [0.1, 0.15) is 0 Å². The minimum Gasteiger partial charge on any atom is -0.396 e. The first-order valence-electron chi connectivity index (χ1n) is 6.08. The summed E-state index contributed by atoms with van der Waals surface area (Å²) < 4.78 is 5.44. The highest BCUT2D eigenvalue weighted by Crippen LogP contribution is 2.33. The summed E-state index contributed by atoms with van der Waals surface area (Å²) in [5, 5.41) is 9.52. The van der Waals surface area contributed by atoms with Gasteiger partial charge in [-0.3, -0.25) is 4.90 Å². The van der Waals surface area contributed by atoms with Crippen LogP contribution >= 0.6 is 0 Å². The van der Waals surface area contributed by atoms with Crippen LogP contribution in [0.1, 0.15) is 26.7 Å². The molecule has 0 aromatic carbocycles. The highest BCUT2D eigenvalue weighted by atomic mass is 16.5. The number of nitrogens with zero attached hydrogens (tertiary/aromatic N) is 1. The van der Waals surface area contributed by atoms with Crippen molar-refractivity contribution in [1.82, 2.24) is 4.90 Å². The molecule has 0 aliphatic carbocycles. The highest BCUT2D eigenvalue weighted by molar-refractivity contribution is 4.90. The molecule has 2 fully saturated rings. The number of aliphatic hydroxyl groups is 1. The van der Waals surface area contributed by atoms with Gasteiger partial charge in [-0.2, -0.15) is 0 Å². The second-order valence-electron chi connectivity index (χ2n) is 5.58. The van der Waals surface area contributed by atoms with E-state index < -0.39 is 0 Å². The van der Waals surface area contributed by atoms with Crippen LogP contribution in [0.4, 0.5) is 0 Å². The molecule has 3 nitrogen and oxygen atoms in total. The molecule has 0 amide bonds. The Labute approximate surface area is 92.4 Å². The summed E-state index contributed by atoms with van der Waals surface area (Å²) in [6, 6.07) is 0.670. The Kier molecular flexibility index (Phi) is 3.33. The molecule has 88 valence electrons. The van der Waals surface area contributed by atoms with Gasteiger partial charge in [-0.05, 0) is 25.7 Å². The number of ether oxygens (including phenoxy) is 1. The van der Waals surface area contributed by atoms with Gasteiger partial charge in [0.05, 0.1) is 13.2 Å². The van der Waals surface area contributed by atoms with E-state index in [1.807, 2.05) is 0 Å². The topological polar surface area (TPSA) is 32.7 Å². The summed E-state index contributed by atoms with van der Waals surface area (Å²) in [4.78, 5) is 2.52. The fourth-order valence-electron chi connectivity index (χ4n) is 2.99. The monoisotopic (exact) mass is 213 g/mol. The van der Waals surface area contributed by atoms with Gasteiger partial charge in [-0.1, -0.05) is 6.92 Å². The minimum atomic E-state index is 0.0261. The summed E-state index contributed by atoms with van der Waals surface area (Å²) in [5.74, 6) is 0.804. The van der Waals surface area contributed by atoms with E-state index >= 15 is 0 Å². The summed E-state index contributed by atoms with van der Waals surface area (Å²) in [6.07, 6.45) is 2.31. The average molecular weight is 213 g/mol. The molecular weight excluding hydrogens is 190 g/mol. The highest BCUT2D eigenvalue weighted by Gasteiger charge is 2.39. The van der Waals surface area contributed by atoms with Crippen LogP contribution in [0.5, 0.6) is 0 Å². The van der Waals surface area contributed by atoms with Crippen molar-refractivity contribution in [3.8, 4) is 0 Å². The van der Waals surface area contributed by atoms with E-state index in [4.69, 9.17) is 4.74 Å². The van der Waals surface area contributed by atoms with Crippen LogP contribution in [-0.2, 0) is 4.74 Å². The van der Waals surface area contributed by atoms with Gasteiger partial charge in [-0.15, -0.1) is 0 Å². The molecule has 3 atom stereocenters. The molecule has 0 aromatic rings. The molecule has 2 saturated heterocycles. The fourth-order valence-corrected chi connectivity index (χ4v) is 2.99. The molecule has 2 heterocycles. The molecule has 2 aliphatic rings. The Morgan fingerprint density at radius 3 is 2.73 bits per heavy atom. The SMILES string of the molecule is CC1CC(C)N(CC2(CO)CCOC2)C1. The van der Waals surface area contributed by atoms with Gasteiger partial charge in [0.15, 0.2) is 0 Å². The van der Waals surface area contributed by atoms with Crippen LogP contribution in [0.25, 0.3) is 0 Å². The quantitative estimate of drug-likeness (QED) is 0.762. The maximum atomic E-state index is 9.52. The number of rotatable bonds is 3. The second kappa shape index (κ2) is 4.40. The van der Waals surface area contributed by atoms with Crippen LogP contribution in [-0.4, -0.2) is 49.0 Å². The molecule has 1 N–H and O–H groups in total. The van der Waals surface area contributed by atoms with Crippen LogP contribution < -0.4 is 0 Å².